The number of aryl methyl sites for hydroxylation is 1. The number of nitrogens with one attached hydrogen (secondary N) is 1. The number of amides is 1. The van der Waals surface area contributed by atoms with Gasteiger partial charge in [-0.25, -0.2) is 0 Å². The van der Waals surface area contributed by atoms with Gasteiger partial charge in [-0.05, 0) is 48.4 Å². The molecule has 0 fully saturated rings. The first kappa shape index (κ1) is 18.7. The Hall–Kier alpha value is -3.05. The van der Waals surface area contributed by atoms with Crippen molar-refractivity contribution in [2.75, 3.05) is 12.4 Å². The zero-order chi connectivity index (χ0) is 19.2. The SMILES string of the molecule is COc1ccc(/C=C/C(=O)Nc2cc(C)n(Cc3cccc(Cl)c3)n2)cc1. The second kappa shape index (κ2) is 8.56. The average molecular weight is 382 g/mol. The topological polar surface area (TPSA) is 56.1 Å². The Morgan fingerprint density at radius 1 is 1.22 bits per heavy atom. The van der Waals surface area contributed by atoms with Gasteiger partial charge in [0.05, 0.1) is 13.7 Å². The summed E-state index contributed by atoms with van der Waals surface area (Å²) < 4.78 is 6.94. The van der Waals surface area contributed by atoms with Crippen LogP contribution in [-0.4, -0.2) is 22.8 Å². The highest BCUT2D eigenvalue weighted by molar-refractivity contribution is 6.30. The number of ether oxygens (including phenoxy) is 1. The van der Waals surface area contributed by atoms with Crippen LogP contribution in [0.2, 0.25) is 5.02 Å². The minimum absolute atomic E-state index is 0.238. The van der Waals surface area contributed by atoms with Gasteiger partial charge in [0.25, 0.3) is 0 Å². The number of nitrogens with zero attached hydrogens (tertiary/aromatic N) is 2. The molecule has 27 heavy (non-hydrogen) atoms. The number of rotatable bonds is 6. The maximum Gasteiger partial charge on any atom is 0.249 e. The first-order chi connectivity index (χ1) is 13.0. The normalized spacial score (nSPS) is 10.9. The number of carbonyl (C=O) groups excluding carboxylic acids is 1. The number of carbonyl (C=O) groups is 1. The van der Waals surface area contributed by atoms with Gasteiger partial charge in [-0.3, -0.25) is 9.48 Å². The molecule has 0 aliphatic rings. The highest BCUT2D eigenvalue weighted by atomic mass is 35.5. The molecule has 1 N–H and O–H groups in total. The molecule has 1 amide bonds. The summed E-state index contributed by atoms with van der Waals surface area (Å²) in [6, 6.07) is 16.9. The van der Waals surface area contributed by atoms with Gasteiger partial charge in [0, 0.05) is 22.9 Å². The van der Waals surface area contributed by atoms with E-state index in [9.17, 15) is 4.79 Å². The minimum atomic E-state index is -0.238. The molecule has 2 aromatic carbocycles. The van der Waals surface area contributed by atoms with Gasteiger partial charge in [-0.15, -0.1) is 0 Å². The van der Waals surface area contributed by atoms with Gasteiger partial charge in [0.2, 0.25) is 5.91 Å². The summed E-state index contributed by atoms with van der Waals surface area (Å²) in [5.41, 5.74) is 2.91. The highest BCUT2D eigenvalue weighted by Gasteiger charge is 2.07. The van der Waals surface area contributed by atoms with Gasteiger partial charge in [0.15, 0.2) is 5.82 Å². The van der Waals surface area contributed by atoms with E-state index in [1.165, 1.54) is 6.08 Å². The van der Waals surface area contributed by atoms with E-state index in [4.69, 9.17) is 16.3 Å². The van der Waals surface area contributed by atoms with Crippen molar-refractivity contribution in [3.63, 3.8) is 0 Å². The van der Waals surface area contributed by atoms with Crippen LogP contribution < -0.4 is 10.1 Å². The monoisotopic (exact) mass is 381 g/mol. The molecular formula is C21H20ClN3O2. The predicted octanol–water partition coefficient (Wildman–Crippen LogP) is 4.55. The van der Waals surface area contributed by atoms with E-state index in [1.807, 2.05) is 66.2 Å². The van der Waals surface area contributed by atoms with E-state index in [2.05, 4.69) is 10.4 Å². The van der Waals surface area contributed by atoms with Crippen molar-refractivity contribution in [1.82, 2.24) is 9.78 Å². The summed E-state index contributed by atoms with van der Waals surface area (Å²) in [6.45, 7) is 2.53. The van der Waals surface area contributed by atoms with Crippen LogP contribution in [0.1, 0.15) is 16.8 Å². The fraction of sp³-hybridized carbons (Fsp3) is 0.143. The molecule has 1 aromatic heterocycles. The molecule has 0 saturated heterocycles. The second-order valence-corrected chi connectivity index (χ2v) is 6.49. The Kier molecular flexibility index (Phi) is 5.94. The van der Waals surface area contributed by atoms with Crippen LogP contribution in [0, 0.1) is 6.92 Å². The summed E-state index contributed by atoms with van der Waals surface area (Å²) in [7, 11) is 1.62. The molecular weight excluding hydrogens is 362 g/mol. The van der Waals surface area contributed by atoms with Gasteiger partial charge < -0.3 is 10.1 Å². The Morgan fingerprint density at radius 3 is 2.70 bits per heavy atom. The largest absolute Gasteiger partial charge is 0.497 e. The van der Waals surface area contributed by atoms with Crippen LogP contribution in [-0.2, 0) is 11.3 Å². The molecule has 0 aliphatic carbocycles. The zero-order valence-electron chi connectivity index (χ0n) is 15.1. The van der Waals surface area contributed by atoms with Gasteiger partial charge in [0.1, 0.15) is 5.75 Å². The van der Waals surface area contributed by atoms with Crippen molar-refractivity contribution >= 4 is 29.4 Å². The smallest absolute Gasteiger partial charge is 0.249 e. The molecule has 138 valence electrons. The van der Waals surface area contributed by atoms with Crippen molar-refractivity contribution < 1.29 is 9.53 Å². The first-order valence-electron chi connectivity index (χ1n) is 8.45. The van der Waals surface area contributed by atoms with Crippen molar-refractivity contribution in [3.05, 3.63) is 82.5 Å². The summed E-state index contributed by atoms with van der Waals surface area (Å²) in [6.07, 6.45) is 3.22. The fourth-order valence-corrected chi connectivity index (χ4v) is 2.81. The third-order valence-corrected chi connectivity index (χ3v) is 4.23. The number of methoxy groups -OCH3 is 1. The standard InChI is InChI=1S/C21H20ClN3O2/c1-15-12-20(24-25(15)14-17-4-3-5-18(22)13-17)23-21(26)11-8-16-6-9-19(27-2)10-7-16/h3-13H,14H2,1-2H3,(H,23,24,26)/b11-8+. The number of anilines is 1. The molecule has 0 saturated carbocycles. The lowest BCUT2D eigenvalue weighted by molar-refractivity contribution is -0.111. The summed E-state index contributed by atoms with van der Waals surface area (Å²) in [4.78, 5) is 12.1. The maximum atomic E-state index is 12.1. The van der Waals surface area contributed by atoms with Crippen molar-refractivity contribution in [3.8, 4) is 5.75 Å². The molecule has 3 aromatic rings. The number of halogens is 1. The molecule has 1 heterocycles. The van der Waals surface area contributed by atoms with E-state index >= 15 is 0 Å². The maximum absolute atomic E-state index is 12.1. The molecule has 0 spiro atoms. The number of hydrogen-bond donors (Lipinski definition) is 1. The van der Waals surface area contributed by atoms with Gasteiger partial charge in [-0.1, -0.05) is 35.9 Å². The third-order valence-electron chi connectivity index (χ3n) is 4.00. The lowest BCUT2D eigenvalue weighted by atomic mass is 10.2. The molecule has 6 heteroatoms. The van der Waals surface area contributed by atoms with Crippen molar-refractivity contribution in [2.24, 2.45) is 0 Å². The third kappa shape index (κ3) is 5.21. The van der Waals surface area contributed by atoms with E-state index in [0.717, 1.165) is 22.6 Å². The van der Waals surface area contributed by atoms with Crippen LogP contribution in [0.4, 0.5) is 5.82 Å². The molecule has 3 rings (SSSR count). The van der Waals surface area contributed by atoms with E-state index in [0.29, 0.717) is 17.4 Å². The van der Waals surface area contributed by atoms with E-state index in [-0.39, 0.29) is 5.91 Å². The Labute approximate surface area is 163 Å². The summed E-state index contributed by atoms with van der Waals surface area (Å²) in [5, 5.41) is 7.92. The van der Waals surface area contributed by atoms with E-state index < -0.39 is 0 Å². The van der Waals surface area contributed by atoms with Crippen molar-refractivity contribution in [2.45, 2.75) is 13.5 Å². The molecule has 0 radical (unpaired) electrons. The molecule has 5 nitrogen and oxygen atoms in total. The van der Waals surface area contributed by atoms with Gasteiger partial charge in [-0.2, -0.15) is 5.10 Å². The Morgan fingerprint density at radius 2 is 2.00 bits per heavy atom. The predicted molar refractivity (Wildman–Crippen MR) is 108 cm³/mol. The number of benzene rings is 2. The van der Waals surface area contributed by atoms with Crippen LogP contribution in [0.5, 0.6) is 5.75 Å². The first-order valence-corrected chi connectivity index (χ1v) is 8.83. The van der Waals surface area contributed by atoms with Crippen LogP contribution in [0.15, 0.2) is 60.7 Å². The summed E-state index contributed by atoms with van der Waals surface area (Å²) in [5.74, 6) is 1.05. The highest BCUT2D eigenvalue weighted by Crippen LogP contribution is 2.15. The fourth-order valence-electron chi connectivity index (χ4n) is 2.59. The average Bonchev–Trinajstić information content (AvgIpc) is 2.99. The lowest BCUT2D eigenvalue weighted by Crippen LogP contribution is -2.09. The van der Waals surface area contributed by atoms with Crippen LogP contribution in [0.3, 0.4) is 0 Å². The van der Waals surface area contributed by atoms with Gasteiger partial charge >= 0.3 is 0 Å². The van der Waals surface area contributed by atoms with Crippen molar-refractivity contribution in [1.29, 1.82) is 0 Å². The molecule has 0 bridgehead atoms. The number of hydrogen-bond acceptors (Lipinski definition) is 3. The second-order valence-electron chi connectivity index (χ2n) is 6.05. The molecule has 0 aliphatic heterocycles. The number of aromatic nitrogens is 2. The Bertz CT molecular complexity index is 962. The Balaban J connectivity index is 1.63. The zero-order valence-corrected chi connectivity index (χ0v) is 15.9. The molecule has 0 atom stereocenters. The minimum Gasteiger partial charge on any atom is -0.497 e. The quantitative estimate of drug-likeness (QED) is 0.637. The van der Waals surface area contributed by atoms with Crippen LogP contribution >= 0.6 is 11.6 Å². The lowest BCUT2D eigenvalue weighted by Gasteiger charge is -2.04. The van der Waals surface area contributed by atoms with Crippen LogP contribution in [0.25, 0.3) is 6.08 Å². The molecule has 0 unspecified atom stereocenters. The van der Waals surface area contributed by atoms with E-state index in [1.54, 1.807) is 13.2 Å². The summed E-state index contributed by atoms with van der Waals surface area (Å²) >= 11 is 6.03.